The Bertz CT molecular complexity index is 432. The zero-order chi connectivity index (χ0) is 15.1. The van der Waals surface area contributed by atoms with Crippen LogP contribution < -0.4 is 5.48 Å². The van der Waals surface area contributed by atoms with Crippen molar-refractivity contribution >= 4 is 17.5 Å². The molecule has 110 valence electrons. The van der Waals surface area contributed by atoms with Crippen molar-refractivity contribution in [1.29, 1.82) is 0 Å². The molecule has 0 amide bonds. The van der Waals surface area contributed by atoms with Gasteiger partial charge in [0.25, 0.3) is 0 Å². The molecule has 6 heteroatoms. The molecule has 0 aromatic heterocycles. The third kappa shape index (κ3) is 4.03. The van der Waals surface area contributed by atoms with Crippen LogP contribution in [0.3, 0.4) is 0 Å². The molecule has 0 aromatic rings. The number of hydrogen-bond acceptors (Lipinski definition) is 5. The van der Waals surface area contributed by atoms with Crippen LogP contribution in [0, 0.1) is 5.92 Å². The summed E-state index contributed by atoms with van der Waals surface area (Å²) in [5.74, 6) is -2.91. The quantitative estimate of drug-likeness (QED) is 0.241. The van der Waals surface area contributed by atoms with E-state index in [1.165, 1.54) is 6.08 Å². The van der Waals surface area contributed by atoms with Gasteiger partial charge in [-0.15, -0.1) is 6.58 Å². The zero-order valence-electron chi connectivity index (χ0n) is 11.5. The second-order valence-corrected chi connectivity index (χ2v) is 4.60. The maximum Gasteiger partial charge on any atom is 0.307 e. The number of ketones is 2. The number of carbonyl (C=O) groups excluding carboxylic acids is 2. The van der Waals surface area contributed by atoms with Gasteiger partial charge in [-0.2, -0.15) is 0 Å². The maximum atomic E-state index is 12.0. The van der Waals surface area contributed by atoms with E-state index in [9.17, 15) is 14.4 Å². The van der Waals surface area contributed by atoms with Crippen molar-refractivity contribution in [3.05, 3.63) is 23.9 Å². The van der Waals surface area contributed by atoms with E-state index in [0.29, 0.717) is 12.1 Å². The average molecular weight is 281 g/mol. The molecule has 1 aliphatic rings. The predicted octanol–water partition coefficient (Wildman–Crippen LogP) is 1.38. The molecule has 1 fully saturated rings. The molecule has 0 spiro atoms. The Morgan fingerprint density at radius 1 is 1.45 bits per heavy atom. The molecule has 0 unspecified atom stereocenters. The van der Waals surface area contributed by atoms with Crippen molar-refractivity contribution in [3.63, 3.8) is 0 Å². The molecular formula is C14H19NO5. The van der Waals surface area contributed by atoms with E-state index in [4.69, 9.17) is 9.94 Å². The van der Waals surface area contributed by atoms with Gasteiger partial charge in [-0.05, 0) is 6.42 Å². The minimum Gasteiger partial charge on any atom is -0.481 e. The van der Waals surface area contributed by atoms with Crippen LogP contribution in [0.2, 0.25) is 0 Å². The molecule has 20 heavy (non-hydrogen) atoms. The molecule has 0 saturated heterocycles. The van der Waals surface area contributed by atoms with Gasteiger partial charge in [0.15, 0.2) is 11.6 Å². The van der Waals surface area contributed by atoms with Crippen molar-refractivity contribution in [3.8, 4) is 0 Å². The number of hydrogen-bond donors (Lipinski definition) is 2. The molecule has 1 aliphatic carbocycles. The first-order valence-corrected chi connectivity index (χ1v) is 6.52. The Labute approximate surface area is 117 Å². The largest absolute Gasteiger partial charge is 0.481 e. The number of allylic oxidation sites excluding steroid dienone is 2. The highest BCUT2D eigenvalue weighted by Gasteiger charge is 2.36. The van der Waals surface area contributed by atoms with Gasteiger partial charge in [0.05, 0.1) is 23.8 Å². The summed E-state index contributed by atoms with van der Waals surface area (Å²) in [6.07, 6.45) is 2.46. The third-order valence-corrected chi connectivity index (χ3v) is 2.97. The summed E-state index contributed by atoms with van der Waals surface area (Å²) in [6, 6.07) is 0. The highest BCUT2D eigenvalue weighted by Crippen LogP contribution is 2.26. The van der Waals surface area contributed by atoms with Crippen molar-refractivity contribution in [2.24, 2.45) is 5.92 Å². The van der Waals surface area contributed by atoms with Crippen molar-refractivity contribution < 1.29 is 24.3 Å². The third-order valence-electron chi connectivity index (χ3n) is 2.97. The minimum atomic E-state index is -1.11. The van der Waals surface area contributed by atoms with Gasteiger partial charge in [0.1, 0.15) is 0 Å². The van der Waals surface area contributed by atoms with E-state index in [2.05, 4.69) is 12.1 Å². The number of aliphatic carboxylic acids is 1. The van der Waals surface area contributed by atoms with Gasteiger partial charge in [0, 0.05) is 12.8 Å². The lowest BCUT2D eigenvalue weighted by Crippen LogP contribution is -2.33. The number of nitrogens with one attached hydrogen (secondary N) is 1. The summed E-state index contributed by atoms with van der Waals surface area (Å²) in [5, 5.41) is 8.90. The van der Waals surface area contributed by atoms with Crippen molar-refractivity contribution in [2.45, 2.75) is 32.6 Å². The summed E-state index contributed by atoms with van der Waals surface area (Å²) >= 11 is 0. The van der Waals surface area contributed by atoms with E-state index in [1.54, 1.807) is 0 Å². The molecule has 1 saturated carbocycles. The predicted molar refractivity (Wildman–Crippen MR) is 71.6 cm³/mol. The lowest BCUT2D eigenvalue weighted by molar-refractivity contribution is -0.146. The molecule has 2 N–H and O–H groups in total. The molecule has 0 aromatic carbocycles. The molecule has 0 radical (unpaired) electrons. The first-order chi connectivity index (χ1) is 9.51. The van der Waals surface area contributed by atoms with Crippen LogP contribution in [0.15, 0.2) is 23.9 Å². The highest BCUT2D eigenvalue weighted by atomic mass is 16.6. The Hall–Kier alpha value is -1.95. The Kier molecular flexibility index (Phi) is 6.11. The second kappa shape index (κ2) is 7.59. The molecule has 0 bridgehead atoms. The SMILES string of the molecule is C=CCONC(CCC)=C1C(=O)CC(C(=O)O)CC1=O. The number of Topliss-reactive ketones (excluding diaryl/α,β-unsaturated/α-hetero) is 2. The Morgan fingerprint density at radius 3 is 2.50 bits per heavy atom. The fraction of sp³-hybridized carbons (Fsp3) is 0.500. The fourth-order valence-electron chi connectivity index (χ4n) is 2.06. The number of carboxylic acid groups (broad SMARTS) is 1. The van der Waals surface area contributed by atoms with Crippen molar-refractivity contribution in [2.75, 3.05) is 6.61 Å². The Balaban J connectivity index is 2.95. The van der Waals surface area contributed by atoms with E-state index in [0.717, 1.165) is 6.42 Å². The second-order valence-electron chi connectivity index (χ2n) is 4.60. The monoisotopic (exact) mass is 281 g/mol. The molecule has 1 rings (SSSR count). The molecule has 0 aliphatic heterocycles. The van der Waals surface area contributed by atoms with E-state index >= 15 is 0 Å². The minimum absolute atomic E-state index is 0.0495. The van der Waals surface area contributed by atoms with Gasteiger partial charge in [-0.25, -0.2) is 0 Å². The van der Waals surface area contributed by atoms with Gasteiger partial charge in [-0.1, -0.05) is 19.4 Å². The highest BCUT2D eigenvalue weighted by molar-refractivity contribution is 6.23. The van der Waals surface area contributed by atoms with Gasteiger partial charge < -0.3 is 5.11 Å². The normalized spacial score (nSPS) is 18.9. The topological polar surface area (TPSA) is 92.7 Å². The first-order valence-electron chi connectivity index (χ1n) is 6.52. The van der Waals surface area contributed by atoms with Crippen LogP contribution in [0.4, 0.5) is 0 Å². The van der Waals surface area contributed by atoms with E-state index in [1.807, 2.05) is 6.92 Å². The standard InChI is InChI=1S/C14H19NO5/c1-3-5-10(15-20-6-4-2)13-11(16)7-9(14(18)19)8-12(13)17/h4,9,15H,2-3,5-8H2,1H3,(H,18,19). The Morgan fingerprint density at radius 2 is 2.05 bits per heavy atom. The van der Waals surface area contributed by atoms with Crippen LogP contribution in [0.5, 0.6) is 0 Å². The van der Waals surface area contributed by atoms with Crippen molar-refractivity contribution in [1.82, 2.24) is 5.48 Å². The molecule has 0 heterocycles. The molecule has 6 nitrogen and oxygen atoms in total. The maximum absolute atomic E-state index is 12.0. The van der Waals surface area contributed by atoms with E-state index in [-0.39, 0.29) is 25.0 Å². The zero-order valence-corrected chi connectivity index (χ0v) is 11.5. The summed E-state index contributed by atoms with van der Waals surface area (Å²) in [6.45, 7) is 5.64. The van der Waals surface area contributed by atoms with Gasteiger partial charge in [-0.3, -0.25) is 24.7 Å². The summed E-state index contributed by atoms with van der Waals surface area (Å²) in [5.41, 5.74) is 3.09. The van der Waals surface area contributed by atoms with Gasteiger partial charge in [0.2, 0.25) is 0 Å². The lowest BCUT2D eigenvalue weighted by atomic mass is 9.82. The summed E-state index contributed by atoms with van der Waals surface area (Å²) < 4.78 is 0. The van der Waals surface area contributed by atoms with Crippen LogP contribution in [-0.4, -0.2) is 29.2 Å². The molecular weight excluding hydrogens is 262 g/mol. The van der Waals surface area contributed by atoms with Crippen LogP contribution in [0.1, 0.15) is 32.6 Å². The van der Waals surface area contributed by atoms with Crippen LogP contribution in [0.25, 0.3) is 0 Å². The average Bonchev–Trinajstić information content (AvgIpc) is 2.38. The summed E-state index contributed by atoms with van der Waals surface area (Å²) in [4.78, 5) is 40.0. The van der Waals surface area contributed by atoms with E-state index < -0.39 is 23.5 Å². The van der Waals surface area contributed by atoms with Crippen LogP contribution in [-0.2, 0) is 19.2 Å². The smallest absolute Gasteiger partial charge is 0.307 e. The number of carboxylic acids is 1. The van der Waals surface area contributed by atoms with Crippen LogP contribution >= 0.6 is 0 Å². The number of carbonyl (C=O) groups is 3. The fourth-order valence-corrected chi connectivity index (χ4v) is 2.06. The molecule has 0 atom stereocenters. The lowest BCUT2D eigenvalue weighted by Gasteiger charge is -2.21. The van der Waals surface area contributed by atoms with Gasteiger partial charge >= 0.3 is 5.97 Å². The number of hydroxylamine groups is 1. The summed E-state index contributed by atoms with van der Waals surface area (Å²) in [7, 11) is 0. The first kappa shape index (κ1) is 16.1. The number of rotatable bonds is 7.